The number of aliphatic imine (C=N–C) groups is 1. The minimum atomic E-state index is -3.11. The van der Waals surface area contributed by atoms with Gasteiger partial charge in [-0.05, 0) is 55.3 Å². The van der Waals surface area contributed by atoms with E-state index in [2.05, 4.69) is 11.0 Å². The number of amides is 2. The predicted octanol–water partition coefficient (Wildman–Crippen LogP) is 6.41. The number of carbonyl (C=O) groups is 1. The van der Waals surface area contributed by atoms with Crippen LogP contribution >= 0.6 is 35.6 Å². The molecule has 1 saturated heterocycles. The molecule has 1 fully saturated rings. The molecule has 0 aromatic heterocycles. The molecule has 48 heavy (non-hydrogen) atoms. The summed E-state index contributed by atoms with van der Waals surface area (Å²) in [6, 6.07) is 18.9. The van der Waals surface area contributed by atoms with E-state index in [4.69, 9.17) is 37.7 Å². The maximum absolute atomic E-state index is 14.8. The van der Waals surface area contributed by atoms with Crippen LogP contribution in [0.2, 0.25) is 10.0 Å². The van der Waals surface area contributed by atoms with Crippen LogP contribution in [0.5, 0.6) is 11.5 Å². The van der Waals surface area contributed by atoms with Crippen molar-refractivity contribution in [3.8, 4) is 17.6 Å². The van der Waals surface area contributed by atoms with Gasteiger partial charge in [0.1, 0.15) is 39.3 Å². The quantitative estimate of drug-likeness (QED) is 0.237. The Morgan fingerprint density at radius 1 is 0.917 bits per heavy atom. The molecule has 3 aromatic carbocycles. The zero-order chi connectivity index (χ0) is 33.7. The summed E-state index contributed by atoms with van der Waals surface area (Å²) in [6.07, 6.45) is 1.23. The van der Waals surface area contributed by atoms with Crippen LogP contribution in [0.15, 0.2) is 65.7 Å². The van der Waals surface area contributed by atoms with Crippen LogP contribution in [-0.4, -0.2) is 92.9 Å². The lowest BCUT2D eigenvalue weighted by atomic mass is 9.93. The molecular formula is C34H38Cl3N5O5S. The lowest BCUT2D eigenvalue weighted by Gasteiger charge is -2.39. The average molecular weight is 735 g/mol. The molecular weight excluding hydrogens is 697 g/mol. The van der Waals surface area contributed by atoms with Gasteiger partial charge in [-0.2, -0.15) is 5.26 Å². The molecule has 2 aliphatic rings. The Morgan fingerprint density at radius 2 is 1.48 bits per heavy atom. The Balaban J connectivity index is 0.00000520. The van der Waals surface area contributed by atoms with Gasteiger partial charge in [0.25, 0.3) is 0 Å². The number of hydrogen-bond donors (Lipinski definition) is 0. The van der Waals surface area contributed by atoms with Crippen LogP contribution in [0.3, 0.4) is 0 Å². The minimum absolute atomic E-state index is 0. The fraction of sp³-hybridized carbons (Fsp3) is 0.382. The number of urea groups is 1. The van der Waals surface area contributed by atoms with Crippen molar-refractivity contribution in [3.63, 3.8) is 0 Å². The smallest absolute Gasteiger partial charge is 0.326 e. The monoisotopic (exact) mass is 733 g/mol. The number of sulfone groups is 1. The van der Waals surface area contributed by atoms with Crippen molar-refractivity contribution in [3.05, 3.63) is 93.0 Å². The van der Waals surface area contributed by atoms with Gasteiger partial charge >= 0.3 is 6.03 Å². The third-order valence-corrected chi connectivity index (χ3v) is 9.59. The molecule has 0 saturated carbocycles. The number of ether oxygens (including phenoxy) is 2. The van der Waals surface area contributed by atoms with Crippen LogP contribution in [0.25, 0.3) is 0 Å². The number of nitriles is 1. The SMILES string of the molecule is CCOc1cc(C2=N[C@@H](c3ccc(Cl)cc3)[C@@H](c3ccc(Cl)cc3)N2C(=O)N2CCN(CCS(C)(=O)=O)CC2)c(OCC)cc1C#N.Cl. The van der Waals surface area contributed by atoms with Crippen LogP contribution in [-0.2, 0) is 9.84 Å². The summed E-state index contributed by atoms with van der Waals surface area (Å²) in [5.74, 6) is 1.21. The van der Waals surface area contributed by atoms with E-state index >= 15 is 0 Å². The van der Waals surface area contributed by atoms with Gasteiger partial charge < -0.3 is 14.4 Å². The maximum atomic E-state index is 14.8. The highest BCUT2D eigenvalue weighted by atomic mass is 35.5. The topological polar surface area (TPSA) is 116 Å². The van der Waals surface area contributed by atoms with Crippen molar-refractivity contribution < 1.29 is 22.7 Å². The number of benzene rings is 3. The first kappa shape index (κ1) is 37.3. The second kappa shape index (κ2) is 16.2. The highest BCUT2D eigenvalue weighted by molar-refractivity contribution is 7.90. The predicted molar refractivity (Wildman–Crippen MR) is 191 cm³/mol. The van der Waals surface area contributed by atoms with Gasteiger partial charge in [0.05, 0.1) is 36.1 Å². The van der Waals surface area contributed by atoms with Crippen LogP contribution in [0.4, 0.5) is 4.79 Å². The Labute approximate surface area is 298 Å². The van der Waals surface area contributed by atoms with E-state index in [9.17, 15) is 18.5 Å². The molecule has 0 spiro atoms. The van der Waals surface area contributed by atoms with Gasteiger partial charge in [-0.25, -0.2) is 13.2 Å². The average Bonchev–Trinajstić information content (AvgIpc) is 3.45. The van der Waals surface area contributed by atoms with E-state index in [1.807, 2.05) is 38.1 Å². The lowest BCUT2D eigenvalue weighted by molar-refractivity contribution is 0.122. The van der Waals surface area contributed by atoms with Crippen molar-refractivity contribution in [1.82, 2.24) is 14.7 Å². The summed E-state index contributed by atoms with van der Waals surface area (Å²) in [6.45, 7) is 6.62. The van der Waals surface area contributed by atoms with Crippen molar-refractivity contribution in [2.75, 3.05) is 57.9 Å². The normalized spacial score (nSPS) is 18.1. The maximum Gasteiger partial charge on any atom is 0.326 e. The van der Waals surface area contributed by atoms with Gasteiger partial charge in [-0.3, -0.25) is 14.8 Å². The van der Waals surface area contributed by atoms with E-state index < -0.39 is 21.9 Å². The number of nitrogens with zero attached hydrogens (tertiary/aromatic N) is 5. The number of piperazine rings is 1. The summed E-state index contributed by atoms with van der Waals surface area (Å²) in [5, 5.41) is 11.0. The third kappa shape index (κ3) is 8.54. The third-order valence-electron chi connectivity index (χ3n) is 8.16. The van der Waals surface area contributed by atoms with Crippen LogP contribution in [0, 0.1) is 11.3 Å². The molecule has 0 N–H and O–H groups in total. The molecule has 2 heterocycles. The molecule has 0 bridgehead atoms. The lowest BCUT2D eigenvalue weighted by Crippen LogP contribution is -2.54. The zero-order valence-electron chi connectivity index (χ0n) is 26.9. The van der Waals surface area contributed by atoms with E-state index in [0.717, 1.165) is 11.1 Å². The second-order valence-corrected chi connectivity index (χ2v) is 14.5. The Morgan fingerprint density at radius 3 is 2.02 bits per heavy atom. The summed E-state index contributed by atoms with van der Waals surface area (Å²) in [4.78, 5) is 25.5. The van der Waals surface area contributed by atoms with Crippen molar-refractivity contribution in [1.29, 1.82) is 5.26 Å². The highest BCUT2D eigenvalue weighted by Gasteiger charge is 2.45. The van der Waals surface area contributed by atoms with Gasteiger partial charge in [0.15, 0.2) is 0 Å². The van der Waals surface area contributed by atoms with Crippen molar-refractivity contribution in [2.45, 2.75) is 25.9 Å². The first-order chi connectivity index (χ1) is 22.5. The Hall–Kier alpha value is -3.53. The standard InChI is InChI=1S/C34H37Cl2N5O5S.ClH/c1-4-45-29-21-28(30(46-5-2)20-25(29)22-37)33-38-31(23-6-10-26(35)11-7-23)32(24-8-12-27(36)13-9-24)41(33)34(42)40-16-14-39(15-17-40)18-19-47(3,43)44;/h6-13,20-21,31-32H,4-5,14-19H2,1-3H3;1H/t31-,32+;/m0./s1. The Bertz CT molecular complexity index is 1770. The molecule has 10 nitrogen and oxygen atoms in total. The van der Waals surface area contributed by atoms with Crippen molar-refractivity contribution >= 4 is 57.3 Å². The van der Waals surface area contributed by atoms with Crippen LogP contribution < -0.4 is 9.47 Å². The molecule has 0 radical (unpaired) electrons. The van der Waals surface area contributed by atoms with Crippen molar-refractivity contribution in [2.24, 2.45) is 4.99 Å². The molecule has 14 heteroatoms. The summed E-state index contributed by atoms with van der Waals surface area (Å²) < 4.78 is 35.4. The van der Waals surface area contributed by atoms with Crippen LogP contribution in [0.1, 0.15) is 48.2 Å². The summed E-state index contributed by atoms with van der Waals surface area (Å²) >= 11 is 12.6. The van der Waals surface area contributed by atoms with Gasteiger partial charge in [-0.15, -0.1) is 12.4 Å². The number of halogens is 3. The number of carbonyl (C=O) groups excluding carboxylic acids is 1. The molecule has 256 valence electrons. The zero-order valence-corrected chi connectivity index (χ0v) is 30.1. The fourth-order valence-corrected chi connectivity index (χ4v) is 6.68. The van der Waals surface area contributed by atoms with E-state index in [1.165, 1.54) is 6.26 Å². The van der Waals surface area contributed by atoms with Gasteiger partial charge in [0, 0.05) is 55.1 Å². The first-order valence-electron chi connectivity index (χ1n) is 15.4. The molecule has 5 rings (SSSR count). The number of rotatable bonds is 10. The number of amidine groups is 1. The molecule has 2 atom stereocenters. The molecule has 2 aliphatic heterocycles. The van der Waals surface area contributed by atoms with Gasteiger partial charge in [-0.1, -0.05) is 47.5 Å². The summed E-state index contributed by atoms with van der Waals surface area (Å²) in [7, 11) is -3.11. The largest absolute Gasteiger partial charge is 0.493 e. The minimum Gasteiger partial charge on any atom is -0.493 e. The highest BCUT2D eigenvalue weighted by Crippen LogP contribution is 2.46. The van der Waals surface area contributed by atoms with E-state index in [1.54, 1.807) is 46.2 Å². The number of hydrogen-bond acceptors (Lipinski definition) is 8. The van der Waals surface area contributed by atoms with E-state index in [0.29, 0.717) is 84.4 Å². The second-order valence-electron chi connectivity index (χ2n) is 11.4. The molecule has 2 amide bonds. The fourth-order valence-electron chi connectivity index (χ4n) is 5.84. The van der Waals surface area contributed by atoms with Gasteiger partial charge in [0.2, 0.25) is 0 Å². The Kier molecular flexibility index (Phi) is 12.6. The summed E-state index contributed by atoms with van der Waals surface area (Å²) in [5.41, 5.74) is 2.50. The molecule has 0 unspecified atom stereocenters. The van der Waals surface area contributed by atoms with E-state index in [-0.39, 0.29) is 24.2 Å². The molecule has 3 aromatic rings. The molecule has 0 aliphatic carbocycles. The first-order valence-corrected chi connectivity index (χ1v) is 18.3.